The van der Waals surface area contributed by atoms with Crippen molar-refractivity contribution in [2.75, 3.05) is 22.2 Å². The van der Waals surface area contributed by atoms with Gasteiger partial charge < -0.3 is 30.3 Å². The van der Waals surface area contributed by atoms with Crippen LogP contribution in [0.3, 0.4) is 0 Å². The number of carboxylic acids is 1. The van der Waals surface area contributed by atoms with Crippen LogP contribution in [0.5, 0.6) is 0 Å². The quantitative estimate of drug-likeness (QED) is 0.380. The maximum Gasteiger partial charge on any atom is 0.408 e. The van der Waals surface area contributed by atoms with Gasteiger partial charge in [0.05, 0.1) is 6.20 Å². The van der Waals surface area contributed by atoms with Crippen molar-refractivity contribution < 1.29 is 24.2 Å². The third-order valence-electron chi connectivity index (χ3n) is 7.25. The van der Waals surface area contributed by atoms with Crippen molar-refractivity contribution in [1.82, 2.24) is 15.3 Å². The maximum atomic E-state index is 13.1. The minimum atomic E-state index is -1.14. The zero-order chi connectivity index (χ0) is 29.7. The second kappa shape index (κ2) is 12.6. The van der Waals surface area contributed by atoms with E-state index >= 15 is 0 Å². The molecule has 1 saturated carbocycles. The molecule has 4 rings (SSSR count). The first-order valence-corrected chi connectivity index (χ1v) is 14.2. The molecule has 1 aliphatic heterocycles. The second-order valence-corrected chi connectivity index (χ2v) is 11.5. The summed E-state index contributed by atoms with van der Waals surface area (Å²) in [6.45, 7) is 7.18. The summed E-state index contributed by atoms with van der Waals surface area (Å²) in [7, 11) is 1.78. The predicted molar refractivity (Wildman–Crippen MR) is 158 cm³/mol. The molecular weight excluding hydrogens is 524 g/mol. The first-order chi connectivity index (χ1) is 19.5. The average Bonchev–Trinajstić information content (AvgIpc) is 3.44. The van der Waals surface area contributed by atoms with Gasteiger partial charge in [-0.1, -0.05) is 44.1 Å². The summed E-state index contributed by atoms with van der Waals surface area (Å²) < 4.78 is 5.15. The van der Waals surface area contributed by atoms with Crippen LogP contribution in [-0.4, -0.2) is 63.8 Å². The number of hydrogen-bond acceptors (Lipinski definition) is 8. The smallest absolute Gasteiger partial charge is 0.408 e. The molecule has 0 radical (unpaired) electrons. The van der Waals surface area contributed by atoms with E-state index in [0.29, 0.717) is 18.4 Å². The number of nitrogens with one attached hydrogen (secondary N) is 2. The highest BCUT2D eigenvalue weighted by Gasteiger charge is 2.41. The Labute approximate surface area is 241 Å². The molecule has 3 N–H and O–H groups in total. The van der Waals surface area contributed by atoms with Crippen LogP contribution in [0.15, 0.2) is 36.5 Å². The van der Waals surface area contributed by atoms with Crippen LogP contribution in [-0.2, 0) is 14.3 Å². The van der Waals surface area contributed by atoms with Crippen LogP contribution in [0.4, 0.5) is 27.9 Å². The highest BCUT2D eigenvalue weighted by atomic mass is 16.6. The first-order valence-electron chi connectivity index (χ1n) is 14.2. The van der Waals surface area contributed by atoms with Crippen molar-refractivity contribution >= 4 is 47.2 Å². The molecule has 2 amide bonds. The molecule has 1 aromatic carbocycles. The summed E-state index contributed by atoms with van der Waals surface area (Å²) in [6, 6.07) is 6.51. The number of rotatable bonds is 9. The number of nitrogens with zero attached hydrogens (tertiary/aromatic N) is 4. The van der Waals surface area contributed by atoms with E-state index < -0.39 is 23.7 Å². The summed E-state index contributed by atoms with van der Waals surface area (Å²) in [6.07, 6.45) is 9.67. The van der Waals surface area contributed by atoms with E-state index in [4.69, 9.17) is 9.72 Å². The van der Waals surface area contributed by atoms with Gasteiger partial charge in [-0.25, -0.2) is 14.6 Å². The Bertz CT molecular complexity index is 1280. The van der Waals surface area contributed by atoms with Gasteiger partial charge in [0.2, 0.25) is 11.9 Å². The third-order valence-corrected chi connectivity index (χ3v) is 7.25. The molecule has 220 valence electrons. The number of carbonyl (C=O) groups excluding carboxylic acids is 2. The highest BCUT2D eigenvalue weighted by Crippen LogP contribution is 2.40. The average molecular weight is 565 g/mol. The van der Waals surface area contributed by atoms with E-state index in [1.54, 1.807) is 51.1 Å². The number of amides is 2. The predicted octanol–water partition coefficient (Wildman–Crippen LogP) is 5.11. The molecule has 2 aliphatic rings. The second-order valence-electron chi connectivity index (χ2n) is 11.5. The molecular formula is C30H40N6O5. The zero-order valence-electron chi connectivity index (χ0n) is 24.4. The zero-order valence-corrected chi connectivity index (χ0v) is 24.4. The molecule has 0 unspecified atom stereocenters. The summed E-state index contributed by atoms with van der Waals surface area (Å²) in [5.74, 6) is 0.175. The molecule has 41 heavy (non-hydrogen) atoms. The Morgan fingerprint density at radius 3 is 2.49 bits per heavy atom. The molecule has 1 aliphatic carbocycles. The minimum Gasteiger partial charge on any atom is -0.480 e. The number of benzene rings is 1. The van der Waals surface area contributed by atoms with E-state index in [0.717, 1.165) is 48.4 Å². The summed E-state index contributed by atoms with van der Waals surface area (Å²) in [4.78, 5) is 49.8. The van der Waals surface area contributed by atoms with Gasteiger partial charge in [-0.2, -0.15) is 4.98 Å². The van der Waals surface area contributed by atoms with E-state index in [1.165, 1.54) is 0 Å². The Balaban J connectivity index is 1.43. The van der Waals surface area contributed by atoms with Gasteiger partial charge in [0, 0.05) is 18.8 Å². The SMILES string of the molecule is CC[C@@H]1C(=O)N(C)c2cnc(Nc3ccc(C=CC[C@H](NC(=O)OC(C)(C)C)C(=O)O)cc3)nc2N1C1CCCC1. The van der Waals surface area contributed by atoms with Crippen LogP contribution in [0, 0.1) is 0 Å². The maximum absolute atomic E-state index is 13.1. The van der Waals surface area contributed by atoms with Crippen LogP contribution in [0.2, 0.25) is 0 Å². The topological polar surface area (TPSA) is 137 Å². The highest BCUT2D eigenvalue weighted by molar-refractivity contribution is 6.04. The Hall–Kier alpha value is -4.15. The van der Waals surface area contributed by atoms with Crippen molar-refractivity contribution in [1.29, 1.82) is 0 Å². The number of hydrogen-bond donors (Lipinski definition) is 3. The molecule has 1 aromatic heterocycles. The largest absolute Gasteiger partial charge is 0.480 e. The van der Waals surface area contributed by atoms with Gasteiger partial charge in [0.15, 0.2) is 5.82 Å². The number of carboxylic acid groups (broad SMARTS) is 1. The number of fused-ring (bicyclic) bond motifs is 1. The number of aliphatic carboxylic acids is 1. The van der Waals surface area contributed by atoms with Crippen LogP contribution >= 0.6 is 0 Å². The molecule has 11 nitrogen and oxygen atoms in total. The van der Waals surface area contributed by atoms with E-state index in [1.807, 2.05) is 31.2 Å². The van der Waals surface area contributed by atoms with Gasteiger partial charge in [-0.05, 0) is 64.2 Å². The lowest BCUT2D eigenvalue weighted by atomic mass is 10.0. The van der Waals surface area contributed by atoms with Crippen LogP contribution < -0.4 is 20.4 Å². The number of aromatic nitrogens is 2. The van der Waals surface area contributed by atoms with Gasteiger partial charge in [-0.3, -0.25) is 4.79 Å². The fraction of sp³-hybridized carbons (Fsp3) is 0.500. The van der Waals surface area contributed by atoms with Crippen LogP contribution in [0.25, 0.3) is 6.08 Å². The molecule has 1 fully saturated rings. The number of ether oxygens (including phenoxy) is 1. The van der Waals surface area contributed by atoms with Crippen LogP contribution in [0.1, 0.15) is 71.8 Å². The minimum absolute atomic E-state index is 0.0788. The fourth-order valence-corrected chi connectivity index (χ4v) is 5.26. The van der Waals surface area contributed by atoms with Gasteiger partial charge >= 0.3 is 12.1 Å². The molecule has 0 saturated heterocycles. The lowest BCUT2D eigenvalue weighted by Crippen LogP contribution is -2.55. The lowest BCUT2D eigenvalue weighted by molar-refractivity contribution is -0.139. The first kappa shape index (κ1) is 29.8. The summed E-state index contributed by atoms with van der Waals surface area (Å²) in [5.41, 5.74) is 1.66. The summed E-state index contributed by atoms with van der Waals surface area (Å²) in [5, 5.41) is 15.1. The molecule has 0 spiro atoms. The molecule has 2 heterocycles. The van der Waals surface area contributed by atoms with Gasteiger partial charge in [-0.15, -0.1) is 0 Å². The van der Waals surface area contributed by atoms with Gasteiger partial charge in [0.1, 0.15) is 23.4 Å². The molecule has 11 heteroatoms. The van der Waals surface area contributed by atoms with Crippen molar-refractivity contribution in [3.63, 3.8) is 0 Å². The van der Waals surface area contributed by atoms with E-state index in [-0.39, 0.29) is 18.4 Å². The number of anilines is 4. The van der Waals surface area contributed by atoms with Crippen molar-refractivity contribution in [2.24, 2.45) is 0 Å². The van der Waals surface area contributed by atoms with Gasteiger partial charge in [0.25, 0.3) is 0 Å². The van der Waals surface area contributed by atoms with Crippen molar-refractivity contribution in [3.05, 3.63) is 42.1 Å². The van der Waals surface area contributed by atoms with Crippen molar-refractivity contribution in [2.45, 2.75) is 89.9 Å². The molecule has 0 bridgehead atoms. The lowest BCUT2D eigenvalue weighted by Gasteiger charge is -2.43. The Morgan fingerprint density at radius 2 is 1.88 bits per heavy atom. The number of alkyl carbamates (subject to hydrolysis) is 1. The Morgan fingerprint density at radius 1 is 1.20 bits per heavy atom. The van der Waals surface area contributed by atoms with Crippen molar-refractivity contribution in [3.8, 4) is 0 Å². The summed E-state index contributed by atoms with van der Waals surface area (Å²) >= 11 is 0. The van der Waals surface area contributed by atoms with E-state index in [2.05, 4.69) is 20.5 Å². The standard InChI is InChI=1S/C30H40N6O5/c1-6-23-26(37)35(5)24-18-31-28(34-25(24)36(23)21-11-7-8-12-21)32-20-16-14-19(15-17-20)10-9-13-22(27(38)39)33-29(40)41-30(2,3)4/h9-10,14-18,21-23H,6-8,11-13H2,1-5H3,(H,33,40)(H,38,39)(H,31,32,34)/t22-,23+/m0/s1. The monoisotopic (exact) mass is 564 g/mol. The fourth-order valence-electron chi connectivity index (χ4n) is 5.26. The van der Waals surface area contributed by atoms with E-state index in [9.17, 15) is 19.5 Å². The molecule has 2 atom stereocenters. The number of likely N-dealkylation sites (N-methyl/N-ethyl adjacent to an activating group) is 1. The molecule has 2 aromatic rings. The number of carbonyl (C=O) groups is 3. The third kappa shape index (κ3) is 7.33. The normalized spacial score (nSPS) is 18.4. The Kier molecular flexibility index (Phi) is 9.14.